The average molecular weight is 393 g/mol. The molecule has 7 heteroatoms. The zero-order chi connectivity index (χ0) is 20.8. The smallest absolute Gasteiger partial charge is 0.250 e. The number of nitrogens with two attached hydrogens (primary N) is 1. The third kappa shape index (κ3) is 4.80. The normalized spacial score (nSPS) is 20.1. The van der Waals surface area contributed by atoms with Crippen LogP contribution in [0.5, 0.6) is 0 Å². The molecule has 1 saturated heterocycles. The molecule has 1 atom stereocenters. The Kier molecular flexibility index (Phi) is 6.59. The summed E-state index contributed by atoms with van der Waals surface area (Å²) < 4.78 is 0. The number of carbonyl (C=O) groups excluding carboxylic acids is 2. The number of primary amides is 1. The van der Waals surface area contributed by atoms with Gasteiger partial charge in [-0.05, 0) is 37.5 Å². The number of carbonyl (C=O) groups is 2. The number of hydrogen-bond acceptors (Lipinski definition) is 5. The lowest BCUT2D eigenvalue weighted by Gasteiger charge is -2.34. The zero-order valence-electron chi connectivity index (χ0n) is 16.7. The summed E-state index contributed by atoms with van der Waals surface area (Å²) in [6.07, 6.45) is 13.2. The monoisotopic (exact) mass is 393 g/mol. The third-order valence-electron chi connectivity index (χ3n) is 5.30. The van der Waals surface area contributed by atoms with Crippen LogP contribution in [-0.2, 0) is 4.79 Å². The molecule has 0 aromatic carbocycles. The summed E-state index contributed by atoms with van der Waals surface area (Å²) in [6, 6.07) is 3.37. The van der Waals surface area contributed by atoms with Gasteiger partial charge < -0.3 is 10.6 Å². The molecule has 1 aromatic rings. The van der Waals surface area contributed by atoms with Crippen LogP contribution in [0.4, 0.5) is 5.82 Å². The summed E-state index contributed by atoms with van der Waals surface area (Å²) in [4.78, 5) is 30.7. The SMILES string of the molecule is C=C(/C=C\C=C/C)[C@@H]1CC=NN1C(=O)C1CCN(c2ccc(C(N)=O)cn2)CC1. The summed E-state index contributed by atoms with van der Waals surface area (Å²) in [5.41, 5.74) is 6.53. The Hall–Kier alpha value is -3.22. The topological polar surface area (TPSA) is 91.9 Å². The molecule has 3 rings (SSSR count). The van der Waals surface area contributed by atoms with Gasteiger partial charge in [0, 0.05) is 37.8 Å². The first-order chi connectivity index (χ1) is 14.0. The summed E-state index contributed by atoms with van der Waals surface area (Å²) in [5.74, 6) is 0.291. The number of nitrogens with zero attached hydrogens (tertiary/aromatic N) is 4. The van der Waals surface area contributed by atoms with Crippen molar-refractivity contribution in [1.82, 2.24) is 9.99 Å². The highest BCUT2D eigenvalue weighted by molar-refractivity contribution is 5.92. The van der Waals surface area contributed by atoms with Gasteiger partial charge in [0.15, 0.2) is 0 Å². The van der Waals surface area contributed by atoms with Crippen LogP contribution in [0.15, 0.2) is 59.9 Å². The molecule has 2 aliphatic heterocycles. The summed E-state index contributed by atoms with van der Waals surface area (Å²) in [7, 11) is 0. The average Bonchev–Trinajstić information content (AvgIpc) is 3.23. The molecule has 2 N–H and O–H groups in total. The Morgan fingerprint density at radius 1 is 1.24 bits per heavy atom. The number of anilines is 1. The molecule has 0 radical (unpaired) electrons. The van der Waals surface area contributed by atoms with Crippen molar-refractivity contribution in [2.75, 3.05) is 18.0 Å². The maximum absolute atomic E-state index is 13.1. The van der Waals surface area contributed by atoms with Crippen LogP contribution in [-0.4, -0.2) is 47.2 Å². The molecule has 0 aliphatic carbocycles. The van der Waals surface area contributed by atoms with Crippen molar-refractivity contribution in [3.05, 3.63) is 60.3 Å². The molecule has 2 amide bonds. The molecule has 1 aromatic heterocycles. The van der Waals surface area contributed by atoms with E-state index in [0.29, 0.717) is 12.0 Å². The maximum atomic E-state index is 13.1. The number of rotatable bonds is 6. The van der Waals surface area contributed by atoms with Crippen LogP contribution in [0, 0.1) is 5.92 Å². The van der Waals surface area contributed by atoms with E-state index in [1.807, 2.05) is 31.2 Å². The Balaban J connectivity index is 1.58. The fourth-order valence-corrected chi connectivity index (χ4v) is 3.60. The molecule has 1 fully saturated rings. The van der Waals surface area contributed by atoms with E-state index in [9.17, 15) is 9.59 Å². The lowest BCUT2D eigenvalue weighted by Crippen LogP contribution is -2.43. The van der Waals surface area contributed by atoms with Crippen LogP contribution in [0.3, 0.4) is 0 Å². The van der Waals surface area contributed by atoms with Crippen molar-refractivity contribution in [2.45, 2.75) is 32.2 Å². The number of amides is 2. The van der Waals surface area contributed by atoms with Gasteiger partial charge in [0.2, 0.25) is 11.8 Å². The minimum Gasteiger partial charge on any atom is -0.366 e. The van der Waals surface area contributed by atoms with Crippen LogP contribution in [0.2, 0.25) is 0 Å². The number of allylic oxidation sites excluding steroid dienone is 3. The van der Waals surface area contributed by atoms with E-state index in [0.717, 1.165) is 37.3 Å². The van der Waals surface area contributed by atoms with Gasteiger partial charge in [-0.3, -0.25) is 9.59 Å². The summed E-state index contributed by atoms with van der Waals surface area (Å²) >= 11 is 0. The lowest BCUT2D eigenvalue weighted by atomic mass is 9.94. The summed E-state index contributed by atoms with van der Waals surface area (Å²) in [6.45, 7) is 7.52. The van der Waals surface area contributed by atoms with Crippen LogP contribution in [0.25, 0.3) is 0 Å². The van der Waals surface area contributed by atoms with Crippen molar-refractivity contribution in [3.63, 3.8) is 0 Å². The third-order valence-corrected chi connectivity index (χ3v) is 5.30. The Morgan fingerprint density at radius 2 is 2.00 bits per heavy atom. The molecular weight excluding hydrogens is 366 g/mol. The van der Waals surface area contributed by atoms with Gasteiger partial charge >= 0.3 is 0 Å². The highest BCUT2D eigenvalue weighted by Gasteiger charge is 2.34. The number of piperidine rings is 1. The standard InChI is InChI=1S/C22H27N5O2/c1-3-4-5-6-16(2)19-9-12-25-27(19)22(29)17-10-13-26(14-11-17)20-8-7-18(15-24-20)21(23)28/h3-8,12,15,17,19H,2,9-11,13-14H2,1H3,(H2,23,28)/b4-3-,6-5-/t19-/m0/s1. The highest BCUT2D eigenvalue weighted by atomic mass is 16.2. The fourth-order valence-electron chi connectivity index (χ4n) is 3.60. The maximum Gasteiger partial charge on any atom is 0.250 e. The zero-order valence-corrected chi connectivity index (χ0v) is 16.7. The lowest BCUT2D eigenvalue weighted by molar-refractivity contribution is -0.137. The molecule has 2 aliphatic rings. The Labute approximate surface area is 171 Å². The van der Waals surface area contributed by atoms with Gasteiger partial charge in [-0.15, -0.1) is 0 Å². The van der Waals surface area contributed by atoms with E-state index in [1.54, 1.807) is 23.4 Å². The number of hydrazone groups is 1. The first-order valence-corrected chi connectivity index (χ1v) is 9.85. The van der Waals surface area contributed by atoms with Gasteiger partial charge in [0.1, 0.15) is 5.82 Å². The molecule has 3 heterocycles. The second-order valence-corrected chi connectivity index (χ2v) is 7.22. The van der Waals surface area contributed by atoms with E-state index in [4.69, 9.17) is 5.73 Å². The quantitative estimate of drug-likeness (QED) is 0.752. The highest BCUT2D eigenvalue weighted by Crippen LogP contribution is 2.27. The molecular formula is C22H27N5O2. The van der Waals surface area contributed by atoms with Crippen molar-refractivity contribution in [1.29, 1.82) is 0 Å². The van der Waals surface area contributed by atoms with Gasteiger partial charge in [-0.25, -0.2) is 9.99 Å². The van der Waals surface area contributed by atoms with Gasteiger partial charge in [-0.2, -0.15) is 5.10 Å². The first-order valence-electron chi connectivity index (χ1n) is 9.85. The second-order valence-electron chi connectivity index (χ2n) is 7.22. The number of pyridine rings is 1. The Morgan fingerprint density at radius 3 is 2.62 bits per heavy atom. The van der Waals surface area contributed by atoms with Crippen molar-refractivity contribution >= 4 is 23.8 Å². The molecule has 0 spiro atoms. The fraction of sp³-hybridized carbons (Fsp3) is 0.364. The van der Waals surface area contributed by atoms with Crippen LogP contribution >= 0.6 is 0 Å². The van der Waals surface area contributed by atoms with Crippen molar-refractivity contribution in [3.8, 4) is 0 Å². The molecule has 0 unspecified atom stereocenters. The van der Waals surface area contributed by atoms with Crippen molar-refractivity contribution in [2.24, 2.45) is 16.8 Å². The Bertz CT molecular complexity index is 848. The second kappa shape index (κ2) is 9.32. The number of hydrogen-bond donors (Lipinski definition) is 1. The van der Waals surface area contributed by atoms with Crippen molar-refractivity contribution < 1.29 is 9.59 Å². The van der Waals surface area contributed by atoms with Gasteiger partial charge in [0.05, 0.1) is 11.6 Å². The van der Waals surface area contributed by atoms with Crippen LogP contribution < -0.4 is 10.6 Å². The molecule has 0 bridgehead atoms. The first kappa shape index (κ1) is 20.5. The predicted molar refractivity (Wildman–Crippen MR) is 115 cm³/mol. The van der Waals surface area contributed by atoms with Crippen LogP contribution in [0.1, 0.15) is 36.5 Å². The molecule has 0 saturated carbocycles. The minimum atomic E-state index is -0.490. The minimum absolute atomic E-state index is 0.0565. The molecule has 152 valence electrons. The van der Waals surface area contributed by atoms with E-state index in [2.05, 4.69) is 21.6 Å². The molecule has 7 nitrogen and oxygen atoms in total. The van der Waals surface area contributed by atoms with E-state index in [-0.39, 0.29) is 17.9 Å². The van der Waals surface area contributed by atoms with Gasteiger partial charge in [-0.1, -0.05) is 30.9 Å². The number of aromatic nitrogens is 1. The van der Waals surface area contributed by atoms with E-state index < -0.39 is 5.91 Å². The van der Waals surface area contributed by atoms with Gasteiger partial charge in [0.25, 0.3) is 0 Å². The van der Waals surface area contributed by atoms with E-state index >= 15 is 0 Å². The largest absolute Gasteiger partial charge is 0.366 e. The summed E-state index contributed by atoms with van der Waals surface area (Å²) in [5, 5.41) is 5.92. The predicted octanol–water partition coefficient (Wildman–Crippen LogP) is 2.67. The molecule has 29 heavy (non-hydrogen) atoms. The van der Waals surface area contributed by atoms with E-state index in [1.165, 1.54) is 6.20 Å².